The van der Waals surface area contributed by atoms with Crippen LogP contribution in [0.4, 0.5) is 0 Å². The van der Waals surface area contributed by atoms with Gasteiger partial charge in [0.25, 0.3) is 5.91 Å². The summed E-state index contributed by atoms with van der Waals surface area (Å²) in [5.74, 6) is -0.165. The molecule has 0 saturated carbocycles. The molecule has 3 heteroatoms. The van der Waals surface area contributed by atoms with E-state index in [-0.39, 0.29) is 5.91 Å². The van der Waals surface area contributed by atoms with Crippen molar-refractivity contribution in [2.75, 3.05) is 14.2 Å². The molecular weight excluding hydrogens is 346 g/mol. The number of nitrogens with zero attached hydrogens (tertiary/aromatic N) is 1. The smallest absolute Gasteiger partial charge is 0.274 e. The van der Waals surface area contributed by atoms with Crippen molar-refractivity contribution in [3.63, 3.8) is 0 Å². The van der Waals surface area contributed by atoms with Crippen LogP contribution in [-0.2, 0) is 4.84 Å². The molecule has 1 amide bonds. The summed E-state index contributed by atoms with van der Waals surface area (Å²) in [5.41, 5.74) is 5.09. The minimum atomic E-state index is -0.165. The first-order chi connectivity index (χ1) is 13.7. The van der Waals surface area contributed by atoms with Gasteiger partial charge in [0.2, 0.25) is 0 Å². The van der Waals surface area contributed by atoms with E-state index in [1.165, 1.54) is 23.3 Å². The molecule has 0 bridgehead atoms. The van der Waals surface area contributed by atoms with E-state index >= 15 is 0 Å². The van der Waals surface area contributed by atoms with Crippen LogP contribution in [0.2, 0.25) is 0 Å². The van der Waals surface area contributed by atoms with Crippen molar-refractivity contribution < 1.29 is 9.63 Å². The lowest BCUT2D eigenvalue weighted by Gasteiger charge is -2.17. The van der Waals surface area contributed by atoms with E-state index in [0.717, 1.165) is 21.9 Å². The maximum atomic E-state index is 12.8. The van der Waals surface area contributed by atoms with Gasteiger partial charge in [-0.1, -0.05) is 84.9 Å². The number of hydroxylamine groups is 2. The molecule has 4 aromatic rings. The number of benzene rings is 4. The number of fused-ring (bicyclic) bond motifs is 1. The second-order valence-electron chi connectivity index (χ2n) is 6.64. The summed E-state index contributed by atoms with van der Waals surface area (Å²) >= 11 is 0. The highest BCUT2D eigenvalue weighted by Gasteiger charge is 2.17. The standard InChI is InChI=1S/C25H21NO2/c1-26(28-2)25(27)23-13-7-11-21-10-6-12-22(24(21)23)20-16-14-19(15-17-20)18-8-4-3-5-9-18/h3-17H,1-2H3. The van der Waals surface area contributed by atoms with Crippen LogP contribution in [0.25, 0.3) is 33.0 Å². The maximum absolute atomic E-state index is 12.8. The van der Waals surface area contributed by atoms with Gasteiger partial charge in [0, 0.05) is 12.4 Å². The van der Waals surface area contributed by atoms with E-state index in [9.17, 15) is 4.79 Å². The average Bonchev–Trinajstić information content (AvgIpc) is 2.78. The van der Waals surface area contributed by atoms with Gasteiger partial charge in [0.05, 0.1) is 12.7 Å². The van der Waals surface area contributed by atoms with Crippen LogP contribution in [0.3, 0.4) is 0 Å². The Morgan fingerprint density at radius 1 is 0.714 bits per heavy atom. The van der Waals surface area contributed by atoms with E-state index in [2.05, 4.69) is 42.5 Å². The lowest BCUT2D eigenvalue weighted by Crippen LogP contribution is -2.25. The van der Waals surface area contributed by atoms with Gasteiger partial charge >= 0.3 is 0 Å². The summed E-state index contributed by atoms with van der Waals surface area (Å²) in [6.07, 6.45) is 0. The van der Waals surface area contributed by atoms with Gasteiger partial charge in [-0.3, -0.25) is 9.63 Å². The molecule has 4 rings (SSSR count). The molecule has 0 saturated heterocycles. The lowest BCUT2D eigenvalue weighted by molar-refractivity contribution is -0.0755. The molecule has 0 atom stereocenters. The van der Waals surface area contributed by atoms with Crippen molar-refractivity contribution in [3.05, 3.63) is 96.6 Å². The Morgan fingerprint density at radius 3 is 2.00 bits per heavy atom. The average molecular weight is 367 g/mol. The minimum absolute atomic E-state index is 0.165. The number of rotatable bonds is 4. The van der Waals surface area contributed by atoms with Crippen LogP contribution in [0.15, 0.2) is 91.0 Å². The first kappa shape index (κ1) is 18.0. The predicted molar refractivity (Wildman–Crippen MR) is 114 cm³/mol. The minimum Gasteiger partial charge on any atom is -0.274 e. The maximum Gasteiger partial charge on any atom is 0.277 e. The molecule has 0 unspecified atom stereocenters. The van der Waals surface area contributed by atoms with Crippen molar-refractivity contribution in [1.82, 2.24) is 5.06 Å². The molecule has 0 aliphatic carbocycles. The lowest BCUT2D eigenvalue weighted by atomic mass is 9.93. The summed E-state index contributed by atoms with van der Waals surface area (Å²) in [5, 5.41) is 3.22. The Bertz CT molecular complexity index is 1110. The molecule has 28 heavy (non-hydrogen) atoms. The molecule has 4 aromatic carbocycles. The van der Waals surface area contributed by atoms with Gasteiger partial charge in [0.15, 0.2) is 0 Å². The molecule has 0 fully saturated rings. The fourth-order valence-corrected chi connectivity index (χ4v) is 3.49. The fraction of sp³-hybridized carbons (Fsp3) is 0.0800. The second kappa shape index (κ2) is 7.67. The largest absolute Gasteiger partial charge is 0.277 e. The van der Waals surface area contributed by atoms with Crippen LogP contribution >= 0.6 is 0 Å². The first-order valence-electron chi connectivity index (χ1n) is 9.19. The summed E-state index contributed by atoms with van der Waals surface area (Å²) < 4.78 is 0. The number of carbonyl (C=O) groups is 1. The number of amides is 1. The van der Waals surface area contributed by atoms with Crippen LogP contribution in [0.1, 0.15) is 10.4 Å². The highest BCUT2D eigenvalue weighted by Crippen LogP contribution is 2.33. The molecule has 0 aliphatic heterocycles. The van der Waals surface area contributed by atoms with Gasteiger partial charge in [-0.25, -0.2) is 5.06 Å². The molecule has 0 radical (unpaired) electrons. The van der Waals surface area contributed by atoms with Crippen molar-refractivity contribution in [2.24, 2.45) is 0 Å². The van der Waals surface area contributed by atoms with E-state index in [0.29, 0.717) is 5.56 Å². The summed E-state index contributed by atoms with van der Waals surface area (Å²) in [4.78, 5) is 17.9. The van der Waals surface area contributed by atoms with Crippen LogP contribution in [0, 0.1) is 0 Å². The van der Waals surface area contributed by atoms with Gasteiger partial charge in [-0.2, -0.15) is 0 Å². The van der Waals surface area contributed by atoms with E-state index in [1.54, 1.807) is 7.05 Å². The van der Waals surface area contributed by atoms with Crippen molar-refractivity contribution in [1.29, 1.82) is 0 Å². The van der Waals surface area contributed by atoms with E-state index in [4.69, 9.17) is 4.84 Å². The highest BCUT2D eigenvalue weighted by molar-refractivity contribution is 6.12. The second-order valence-corrected chi connectivity index (χ2v) is 6.64. The first-order valence-corrected chi connectivity index (χ1v) is 9.19. The molecule has 0 heterocycles. The third-order valence-corrected chi connectivity index (χ3v) is 5.00. The number of hydrogen-bond acceptors (Lipinski definition) is 2. The zero-order chi connectivity index (χ0) is 19.5. The summed E-state index contributed by atoms with van der Waals surface area (Å²) in [7, 11) is 3.12. The van der Waals surface area contributed by atoms with Crippen molar-refractivity contribution >= 4 is 16.7 Å². The van der Waals surface area contributed by atoms with Crippen LogP contribution < -0.4 is 0 Å². The van der Waals surface area contributed by atoms with Crippen LogP contribution in [0.5, 0.6) is 0 Å². The predicted octanol–water partition coefficient (Wildman–Crippen LogP) is 5.81. The normalized spacial score (nSPS) is 10.8. The quantitative estimate of drug-likeness (QED) is 0.426. The van der Waals surface area contributed by atoms with Gasteiger partial charge in [-0.15, -0.1) is 0 Å². The zero-order valence-electron chi connectivity index (χ0n) is 15.9. The molecule has 138 valence electrons. The SMILES string of the molecule is CON(C)C(=O)c1cccc2cccc(-c3ccc(-c4ccccc4)cc3)c12. The Morgan fingerprint density at radius 2 is 1.32 bits per heavy atom. The monoisotopic (exact) mass is 367 g/mol. The molecule has 0 aliphatic rings. The summed E-state index contributed by atoms with van der Waals surface area (Å²) in [6.45, 7) is 0. The number of hydrogen-bond donors (Lipinski definition) is 0. The molecule has 0 N–H and O–H groups in total. The Balaban J connectivity index is 1.84. The van der Waals surface area contributed by atoms with Crippen molar-refractivity contribution in [3.8, 4) is 22.3 Å². The van der Waals surface area contributed by atoms with Crippen LogP contribution in [-0.4, -0.2) is 25.1 Å². The molecule has 3 nitrogen and oxygen atoms in total. The third-order valence-electron chi connectivity index (χ3n) is 5.00. The van der Waals surface area contributed by atoms with E-state index < -0.39 is 0 Å². The molecule has 0 aromatic heterocycles. The highest BCUT2D eigenvalue weighted by atomic mass is 16.7. The Labute approximate surface area is 164 Å². The van der Waals surface area contributed by atoms with Gasteiger partial charge < -0.3 is 0 Å². The van der Waals surface area contributed by atoms with Gasteiger partial charge in [0.1, 0.15) is 0 Å². The summed E-state index contributed by atoms with van der Waals surface area (Å²) in [6, 6.07) is 30.7. The van der Waals surface area contributed by atoms with Crippen molar-refractivity contribution in [2.45, 2.75) is 0 Å². The Kier molecular flexibility index (Phi) is 4.92. The Hall–Kier alpha value is -3.43. The number of carbonyl (C=O) groups excluding carboxylic acids is 1. The zero-order valence-corrected chi connectivity index (χ0v) is 15.9. The van der Waals surface area contributed by atoms with E-state index in [1.807, 2.05) is 48.5 Å². The topological polar surface area (TPSA) is 29.5 Å². The molecule has 0 spiro atoms. The fourth-order valence-electron chi connectivity index (χ4n) is 3.49. The van der Waals surface area contributed by atoms with Gasteiger partial charge in [-0.05, 0) is 33.7 Å². The molecular formula is C25H21NO2. The third kappa shape index (κ3) is 3.28.